The third kappa shape index (κ3) is 1.14. The molecule has 3 atom stereocenters. The van der Waals surface area contributed by atoms with E-state index in [0.717, 1.165) is 0 Å². The van der Waals surface area contributed by atoms with Gasteiger partial charge < -0.3 is 19.9 Å². The number of hydrogen-bond acceptors (Lipinski definition) is 4. The Hall–Kier alpha value is -0.840. The van der Waals surface area contributed by atoms with Crippen molar-refractivity contribution < 1.29 is 14.6 Å². The van der Waals surface area contributed by atoms with Crippen LogP contribution in [-0.2, 0) is 0 Å². The van der Waals surface area contributed by atoms with Crippen LogP contribution in [0.1, 0.15) is 11.8 Å². The summed E-state index contributed by atoms with van der Waals surface area (Å²) in [7, 11) is 0. The van der Waals surface area contributed by atoms with Gasteiger partial charge in [-0.15, -0.1) is 0 Å². The number of rotatable bonds is 1. The van der Waals surface area contributed by atoms with Gasteiger partial charge in [0, 0.05) is 6.54 Å². The number of hydrogen-bond donors (Lipinski definition) is 3. The second-order valence-corrected chi connectivity index (χ2v) is 2.96. The first-order chi connectivity index (χ1) is 5.79. The van der Waals surface area contributed by atoms with E-state index in [9.17, 15) is 10.2 Å². The Labute approximate surface area is 69.8 Å². The van der Waals surface area contributed by atoms with Crippen LogP contribution in [0.4, 0.5) is 0 Å². The Morgan fingerprint density at radius 1 is 1.50 bits per heavy atom. The molecule has 12 heavy (non-hydrogen) atoms. The molecule has 1 aromatic rings. The van der Waals surface area contributed by atoms with E-state index in [1.54, 1.807) is 18.4 Å². The molecule has 0 saturated carbocycles. The van der Waals surface area contributed by atoms with Crippen LogP contribution < -0.4 is 5.32 Å². The molecule has 0 aromatic carbocycles. The molecule has 66 valence electrons. The first-order valence-electron chi connectivity index (χ1n) is 3.92. The van der Waals surface area contributed by atoms with E-state index in [4.69, 9.17) is 4.42 Å². The van der Waals surface area contributed by atoms with Gasteiger partial charge >= 0.3 is 0 Å². The number of β-amino-alcohol motifs (C(OH)–C–C–N with tert-alkyl or cyclic N) is 1. The first kappa shape index (κ1) is 7.79. The van der Waals surface area contributed by atoms with Crippen molar-refractivity contribution in [2.24, 2.45) is 0 Å². The highest BCUT2D eigenvalue weighted by atomic mass is 16.3. The predicted molar refractivity (Wildman–Crippen MR) is 41.5 cm³/mol. The van der Waals surface area contributed by atoms with E-state index in [1.165, 1.54) is 0 Å². The maximum absolute atomic E-state index is 9.46. The molecular weight excluding hydrogens is 158 g/mol. The lowest BCUT2D eigenvalue weighted by Gasteiger charge is -2.12. The Morgan fingerprint density at radius 2 is 2.33 bits per heavy atom. The number of furan rings is 1. The molecule has 4 heteroatoms. The predicted octanol–water partition coefficient (Wildman–Crippen LogP) is -0.354. The molecule has 2 rings (SSSR count). The Morgan fingerprint density at radius 3 is 2.83 bits per heavy atom. The molecule has 1 saturated heterocycles. The fraction of sp³-hybridized carbons (Fsp3) is 0.500. The van der Waals surface area contributed by atoms with Gasteiger partial charge in [0.25, 0.3) is 0 Å². The highest BCUT2D eigenvalue weighted by Crippen LogP contribution is 2.23. The molecule has 4 nitrogen and oxygen atoms in total. The van der Waals surface area contributed by atoms with Crippen molar-refractivity contribution in [3.05, 3.63) is 24.2 Å². The van der Waals surface area contributed by atoms with Gasteiger partial charge in [0.15, 0.2) is 0 Å². The summed E-state index contributed by atoms with van der Waals surface area (Å²) in [5.74, 6) is 0.666. The Bertz CT molecular complexity index is 247. The molecular formula is C8H11NO3. The van der Waals surface area contributed by atoms with E-state index < -0.39 is 12.2 Å². The zero-order valence-corrected chi connectivity index (χ0v) is 6.47. The van der Waals surface area contributed by atoms with Crippen molar-refractivity contribution in [3.63, 3.8) is 0 Å². The summed E-state index contributed by atoms with van der Waals surface area (Å²) in [4.78, 5) is 0. The van der Waals surface area contributed by atoms with Crippen LogP contribution >= 0.6 is 0 Å². The molecule has 1 aromatic heterocycles. The number of aliphatic hydroxyl groups excluding tert-OH is 2. The van der Waals surface area contributed by atoms with Crippen LogP contribution in [0.5, 0.6) is 0 Å². The third-order valence-corrected chi connectivity index (χ3v) is 2.13. The summed E-state index contributed by atoms with van der Waals surface area (Å²) in [5, 5.41) is 21.6. The van der Waals surface area contributed by atoms with Crippen molar-refractivity contribution in [3.8, 4) is 0 Å². The van der Waals surface area contributed by atoms with E-state index in [0.29, 0.717) is 12.3 Å². The van der Waals surface area contributed by atoms with E-state index >= 15 is 0 Å². The minimum absolute atomic E-state index is 0.269. The van der Waals surface area contributed by atoms with Gasteiger partial charge in [-0.25, -0.2) is 0 Å². The van der Waals surface area contributed by atoms with Gasteiger partial charge in [-0.2, -0.15) is 0 Å². The summed E-state index contributed by atoms with van der Waals surface area (Å²) in [6.07, 6.45) is 0.0882. The second-order valence-electron chi connectivity index (χ2n) is 2.96. The SMILES string of the molecule is O[C@@H]1[C@H](O)CN[C@H]1c1ccco1. The Kier molecular flexibility index (Phi) is 1.88. The quantitative estimate of drug-likeness (QED) is 0.537. The second kappa shape index (κ2) is 2.90. The molecule has 1 aliphatic rings. The summed E-state index contributed by atoms with van der Waals surface area (Å²) in [6.45, 7) is 0.409. The standard InChI is InChI=1S/C8H11NO3/c10-5-4-9-7(8(5)11)6-2-1-3-12-6/h1-3,5,7-11H,4H2/t5-,7+,8-/m1/s1. The highest BCUT2D eigenvalue weighted by Gasteiger charge is 2.35. The summed E-state index contributed by atoms with van der Waals surface area (Å²) < 4.78 is 5.10. The average molecular weight is 169 g/mol. The van der Waals surface area contributed by atoms with Gasteiger partial charge in [-0.1, -0.05) is 0 Å². The number of aliphatic hydroxyl groups is 2. The van der Waals surface area contributed by atoms with E-state index in [1.807, 2.05) is 0 Å². The first-order valence-corrected chi connectivity index (χ1v) is 3.92. The molecule has 3 N–H and O–H groups in total. The van der Waals surface area contributed by atoms with Crippen LogP contribution in [0.15, 0.2) is 22.8 Å². The molecule has 2 heterocycles. The zero-order chi connectivity index (χ0) is 8.55. The van der Waals surface area contributed by atoms with Crippen molar-refractivity contribution in [1.82, 2.24) is 5.32 Å². The zero-order valence-electron chi connectivity index (χ0n) is 6.47. The van der Waals surface area contributed by atoms with Crippen molar-refractivity contribution in [2.75, 3.05) is 6.54 Å². The molecule has 0 radical (unpaired) electrons. The minimum Gasteiger partial charge on any atom is -0.468 e. The lowest BCUT2D eigenvalue weighted by Crippen LogP contribution is -2.25. The summed E-state index contributed by atoms with van der Waals surface area (Å²) >= 11 is 0. The molecule has 1 aliphatic heterocycles. The van der Waals surface area contributed by atoms with Gasteiger partial charge in [0.05, 0.1) is 18.4 Å². The third-order valence-electron chi connectivity index (χ3n) is 2.13. The molecule has 1 fully saturated rings. The fourth-order valence-electron chi connectivity index (χ4n) is 1.45. The maximum atomic E-state index is 9.46. The van der Waals surface area contributed by atoms with Gasteiger partial charge in [-0.3, -0.25) is 0 Å². The molecule has 0 aliphatic carbocycles. The molecule has 0 spiro atoms. The monoisotopic (exact) mass is 169 g/mol. The largest absolute Gasteiger partial charge is 0.468 e. The van der Waals surface area contributed by atoms with Crippen LogP contribution in [0.25, 0.3) is 0 Å². The topological polar surface area (TPSA) is 65.6 Å². The van der Waals surface area contributed by atoms with Gasteiger partial charge in [0.1, 0.15) is 11.9 Å². The van der Waals surface area contributed by atoms with Crippen LogP contribution in [0.3, 0.4) is 0 Å². The van der Waals surface area contributed by atoms with Gasteiger partial charge in [0.2, 0.25) is 0 Å². The normalized spacial score (nSPS) is 35.7. The minimum atomic E-state index is -0.767. The van der Waals surface area contributed by atoms with Crippen molar-refractivity contribution in [1.29, 1.82) is 0 Å². The van der Waals surface area contributed by atoms with Crippen LogP contribution in [-0.4, -0.2) is 29.0 Å². The van der Waals surface area contributed by atoms with Crippen LogP contribution in [0.2, 0.25) is 0 Å². The molecule has 0 amide bonds. The van der Waals surface area contributed by atoms with E-state index in [-0.39, 0.29) is 6.04 Å². The van der Waals surface area contributed by atoms with E-state index in [2.05, 4.69) is 5.32 Å². The molecule has 0 bridgehead atoms. The average Bonchev–Trinajstić information content (AvgIpc) is 2.64. The lowest BCUT2D eigenvalue weighted by atomic mass is 10.1. The number of nitrogens with one attached hydrogen (secondary N) is 1. The smallest absolute Gasteiger partial charge is 0.123 e. The maximum Gasteiger partial charge on any atom is 0.123 e. The molecule has 0 unspecified atom stereocenters. The Balaban J connectivity index is 2.16. The fourth-order valence-corrected chi connectivity index (χ4v) is 1.45. The summed E-state index contributed by atoms with van der Waals surface area (Å²) in [5.41, 5.74) is 0. The highest BCUT2D eigenvalue weighted by molar-refractivity contribution is 5.10. The van der Waals surface area contributed by atoms with Crippen LogP contribution in [0, 0.1) is 0 Å². The van der Waals surface area contributed by atoms with Crippen molar-refractivity contribution in [2.45, 2.75) is 18.2 Å². The summed E-state index contributed by atoms with van der Waals surface area (Å²) in [6, 6.07) is 3.27. The van der Waals surface area contributed by atoms with Crippen molar-refractivity contribution >= 4 is 0 Å². The lowest BCUT2D eigenvalue weighted by molar-refractivity contribution is 0.0369. The van der Waals surface area contributed by atoms with Gasteiger partial charge in [-0.05, 0) is 12.1 Å².